The van der Waals surface area contributed by atoms with Gasteiger partial charge in [0.05, 0.1) is 10.9 Å². The third-order valence-corrected chi connectivity index (χ3v) is 8.78. The highest BCUT2D eigenvalue weighted by molar-refractivity contribution is 7.12. The summed E-state index contributed by atoms with van der Waals surface area (Å²) in [4.78, 5) is 65.2. The van der Waals surface area contributed by atoms with Gasteiger partial charge in [0.25, 0.3) is 5.91 Å². The number of piperidine rings is 1. The number of amides is 4. The van der Waals surface area contributed by atoms with Crippen molar-refractivity contribution in [3.05, 3.63) is 69.9 Å². The quantitative estimate of drug-likeness (QED) is 0.221. The summed E-state index contributed by atoms with van der Waals surface area (Å²) >= 11 is 1.30. The fourth-order valence-corrected chi connectivity index (χ4v) is 6.33. The number of fused-ring (bicyclic) bond motifs is 1. The van der Waals surface area contributed by atoms with Gasteiger partial charge in [-0.1, -0.05) is 56.3 Å². The molecule has 4 rings (SSSR count). The lowest BCUT2D eigenvalue weighted by molar-refractivity contribution is -0.132. The number of carbonyl (C=O) groups excluding carboxylic acids is 5. The molecule has 228 valence electrons. The van der Waals surface area contributed by atoms with E-state index in [1.54, 1.807) is 0 Å². The summed E-state index contributed by atoms with van der Waals surface area (Å²) in [5.74, 6) is -1.78. The number of hydrogen-bond donors (Lipinski definition) is 4. The van der Waals surface area contributed by atoms with Crippen LogP contribution in [0, 0.1) is 18.8 Å². The van der Waals surface area contributed by atoms with E-state index in [0.29, 0.717) is 30.5 Å². The minimum atomic E-state index is -0.963. The van der Waals surface area contributed by atoms with Gasteiger partial charge in [0.15, 0.2) is 0 Å². The van der Waals surface area contributed by atoms with Gasteiger partial charge in [-0.05, 0) is 71.9 Å². The number of rotatable bonds is 13. The monoisotopic (exact) mass is 604 g/mol. The molecule has 0 saturated carbocycles. The van der Waals surface area contributed by atoms with Crippen LogP contribution in [0.2, 0.25) is 0 Å². The summed E-state index contributed by atoms with van der Waals surface area (Å²) in [6.45, 7) is 6.32. The first kappa shape index (κ1) is 31.9. The molecule has 1 aromatic heterocycles. The van der Waals surface area contributed by atoms with Crippen LogP contribution in [0.3, 0.4) is 0 Å². The molecular formula is C33H40N4O5S. The largest absolute Gasteiger partial charge is 0.356 e. The van der Waals surface area contributed by atoms with Crippen LogP contribution in [0.5, 0.6) is 0 Å². The Balaban J connectivity index is 1.54. The predicted molar refractivity (Wildman–Crippen MR) is 168 cm³/mol. The normalized spacial score (nSPS) is 17.0. The van der Waals surface area contributed by atoms with Crippen molar-refractivity contribution >= 4 is 52.0 Å². The number of aryl methyl sites for hydroxylation is 1. The Morgan fingerprint density at radius 2 is 1.74 bits per heavy atom. The van der Waals surface area contributed by atoms with Crippen molar-refractivity contribution in [3.63, 3.8) is 0 Å². The molecular weight excluding hydrogens is 564 g/mol. The van der Waals surface area contributed by atoms with Gasteiger partial charge in [-0.25, -0.2) is 0 Å². The standard InChI is InChI=1S/C33H40N4O5S/c1-20(2)16-27(31(40)35-25(19-38)17-24-11-7-14-34-30(24)39)36-32(41)28(37-33(42)29-21(3)13-15-43-29)18-23-10-6-9-22-8-4-5-12-26(22)23/h4-6,8-10,12-13,15,19-20,24-25,27-28H,7,11,14,16-18H2,1-3H3,(H,34,39)(H,35,40)(H,36,41)(H,37,42)/t24-,25?,27?,28?/m0/s1. The number of aldehydes is 1. The molecule has 2 aromatic carbocycles. The molecule has 43 heavy (non-hydrogen) atoms. The topological polar surface area (TPSA) is 133 Å². The fourth-order valence-electron chi connectivity index (χ4n) is 5.50. The van der Waals surface area contributed by atoms with Crippen molar-refractivity contribution in [1.82, 2.24) is 21.3 Å². The van der Waals surface area contributed by atoms with E-state index in [4.69, 9.17) is 0 Å². The molecule has 1 aliphatic heterocycles. The lowest BCUT2D eigenvalue weighted by Gasteiger charge is -2.27. The van der Waals surface area contributed by atoms with Gasteiger partial charge >= 0.3 is 0 Å². The Morgan fingerprint density at radius 1 is 1.00 bits per heavy atom. The van der Waals surface area contributed by atoms with E-state index in [-0.39, 0.29) is 36.5 Å². The minimum absolute atomic E-state index is 0.0507. The molecule has 1 aliphatic rings. The third kappa shape index (κ3) is 8.50. The van der Waals surface area contributed by atoms with Gasteiger partial charge in [-0.3, -0.25) is 19.2 Å². The van der Waals surface area contributed by atoms with E-state index < -0.39 is 29.9 Å². The average Bonchev–Trinajstić information content (AvgIpc) is 3.42. The van der Waals surface area contributed by atoms with Crippen LogP contribution < -0.4 is 21.3 Å². The smallest absolute Gasteiger partial charge is 0.262 e. The Bertz CT molecular complexity index is 1460. The Kier molecular flexibility index (Phi) is 11.1. The maximum Gasteiger partial charge on any atom is 0.262 e. The van der Waals surface area contributed by atoms with Gasteiger partial charge in [0.1, 0.15) is 18.4 Å². The van der Waals surface area contributed by atoms with Crippen molar-refractivity contribution in [3.8, 4) is 0 Å². The zero-order valence-electron chi connectivity index (χ0n) is 24.9. The predicted octanol–water partition coefficient (Wildman–Crippen LogP) is 3.68. The first-order valence-corrected chi connectivity index (χ1v) is 15.7. The van der Waals surface area contributed by atoms with E-state index in [1.165, 1.54) is 11.3 Å². The summed E-state index contributed by atoms with van der Waals surface area (Å²) in [6, 6.07) is 12.8. The van der Waals surface area contributed by atoms with Crippen LogP contribution in [0.25, 0.3) is 10.8 Å². The molecule has 3 aromatic rings. The molecule has 2 heterocycles. The Morgan fingerprint density at radius 3 is 2.44 bits per heavy atom. The third-order valence-electron chi connectivity index (χ3n) is 7.76. The summed E-state index contributed by atoms with van der Waals surface area (Å²) in [5.41, 5.74) is 1.70. The first-order valence-electron chi connectivity index (χ1n) is 14.8. The van der Waals surface area contributed by atoms with E-state index in [0.717, 1.165) is 28.3 Å². The lowest BCUT2D eigenvalue weighted by Crippen LogP contribution is -2.56. The van der Waals surface area contributed by atoms with E-state index in [2.05, 4.69) is 21.3 Å². The molecule has 10 heteroatoms. The highest BCUT2D eigenvalue weighted by Crippen LogP contribution is 2.22. The molecule has 0 aliphatic carbocycles. The molecule has 4 amide bonds. The van der Waals surface area contributed by atoms with Crippen LogP contribution in [-0.2, 0) is 25.6 Å². The number of carbonyl (C=O) groups is 5. The fraction of sp³-hybridized carbons (Fsp3) is 0.424. The maximum absolute atomic E-state index is 13.9. The molecule has 4 atom stereocenters. The Labute approximate surface area is 256 Å². The molecule has 0 spiro atoms. The van der Waals surface area contributed by atoms with E-state index >= 15 is 0 Å². The van der Waals surface area contributed by atoms with Crippen LogP contribution in [0.15, 0.2) is 53.9 Å². The summed E-state index contributed by atoms with van der Waals surface area (Å²) in [6.07, 6.45) is 2.84. The summed E-state index contributed by atoms with van der Waals surface area (Å²) < 4.78 is 0. The number of benzene rings is 2. The van der Waals surface area contributed by atoms with Crippen molar-refractivity contribution in [2.75, 3.05) is 6.54 Å². The molecule has 4 N–H and O–H groups in total. The molecule has 0 radical (unpaired) electrons. The minimum Gasteiger partial charge on any atom is -0.356 e. The highest BCUT2D eigenvalue weighted by Gasteiger charge is 2.31. The van der Waals surface area contributed by atoms with Gasteiger partial charge < -0.3 is 26.1 Å². The first-order chi connectivity index (χ1) is 20.7. The molecule has 9 nitrogen and oxygen atoms in total. The van der Waals surface area contributed by atoms with Crippen molar-refractivity contribution in [1.29, 1.82) is 0 Å². The van der Waals surface area contributed by atoms with Crippen molar-refractivity contribution < 1.29 is 24.0 Å². The number of thiophene rings is 1. The van der Waals surface area contributed by atoms with Gasteiger partial charge in [0, 0.05) is 18.9 Å². The maximum atomic E-state index is 13.9. The van der Waals surface area contributed by atoms with Gasteiger partial charge in [-0.15, -0.1) is 11.3 Å². The second-order valence-corrected chi connectivity index (χ2v) is 12.5. The SMILES string of the molecule is Cc1ccsc1C(=O)NC(Cc1cccc2ccccc12)C(=O)NC(CC(C)C)C(=O)NC(C=O)C[C@@H]1CCCNC1=O. The summed E-state index contributed by atoms with van der Waals surface area (Å²) in [5, 5.41) is 15.1. The van der Waals surface area contributed by atoms with Crippen LogP contribution in [-0.4, -0.2) is 54.6 Å². The van der Waals surface area contributed by atoms with Crippen molar-refractivity contribution in [2.24, 2.45) is 11.8 Å². The second kappa shape index (κ2) is 14.9. The second-order valence-electron chi connectivity index (χ2n) is 11.6. The van der Waals surface area contributed by atoms with Crippen LogP contribution >= 0.6 is 11.3 Å². The van der Waals surface area contributed by atoms with Crippen LogP contribution in [0.4, 0.5) is 0 Å². The zero-order valence-corrected chi connectivity index (χ0v) is 25.7. The van der Waals surface area contributed by atoms with Gasteiger partial charge in [0.2, 0.25) is 17.7 Å². The average molecular weight is 605 g/mol. The lowest BCUT2D eigenvalue weighted by atomic mass is 9.91. The van der Waals surface area contributed by atoms with Crippen LogP contribution in [0.1, 0.15) is 60.3 Å². The zero-order chi connectivity index (χ0) is 30.9. The molecule has 1 fully saturated rings. The van der Waals surface area contributed by atoms with E-state index in [9.17, 15) is 24.0 Å². The Hall–Kier alpha value is -4.05. The number of nitrogens with one attached hydrogen (secondary N) is 4. The molecule has 0 bridgehead atoms. The van der Waals surface area contributed by atoms with Gasteiger partial charge in [-0.2, -0.15) is 0 Å². The van der Waals surface area contributed by atoms with Crippen molar-refractivity contribution in [2.45, 2.75) is 71.0 Å². The molecule has 1 saturated heterocycles. The summed E-state index contributed by atoms with van der Waals surface area (Å²) in [7, 11) is 0. The van der Waals surface area contributed by atoms with E-state index in [1.807, 2.05) is 74.7 Å². The number of hydrogen-bond acceptors (Lipinski definition) is 6. The highest BCUT2D eigenvalue weighted by atomic mass is 32.1. The molecule has 3 unspecified atom stereocenters.